The molecule has 0 aliphatic rings. The maximum Gasteiger partial charge on any atom is 0.0347 e. The number of pyridine rings is 1. The predicted octanol–water partition coefficient (Wildman–Crippen LogP) is 4.31. The van der Waals surface area contributed by atoms with Crippen molar-refractivity contribution >= 4 is 0 Å². The zero-order valence-corrected chi connectivity index (χ0v) is 10.9. The summed E-state index contributed by atoms with van der Waals surface area (Å²) in [6.45, 7) is 2.17. The fourth-order valence-corrected chi connectivity index (χ4v) is 2.43. The molecule has 2 aromatic heterocycles. The molecule has 0 radical (unpaired) electrons. The van der Waals surface area contributed by atoms with E-state index in [9.17, 15) is 0 Å². The van der Waals surface area contributed by atoms with E-state index in [-0.39, 0.29) is 0 Å². The van der Waals surface area contributed by atoms with E-state index in [0.717, 1.165) is 12.0 Å². The smallest absolute Gasteiger partial charge is 0.0347 e. The number of H-pyrrole nitrogens is 1. The molecule has 0 amide bonds. The van der Waals surface area contributed by atoms with Crippen LogP contribution in [0.1, 0.15) is 12.6 Å². The quantitative estimate of drug-likeness (QED) is 0.735. The van der Waals surface area contributed by atoms with Crippen molar-refractivity contribution in [3.8, 4) is 22.3 Å². The molecule has 2 heteroatoms. The molecule has 3 rings (SSSR count). The second-order valence-electron chi connectivity index (χ2n) is 4.52. The molecule has 0 saturated heterocycles. The Hall–Kier alpha value is -2.35. The van der Waals surface area contributed by atoms with Crippen molar-refractivity contribution in [2.45, 2.75) is 13.3 Å². The lowest BCUT2D eigenvalue weighted by Gasteiger charge is -2.07. The third-order valence-corrected chi connectivity index (χ3v) is 3.35. The summed E-state index contributed by atoms with van der Waals surface area (Å²) < 4.78 is 0. The maximum atomic E-state index is 4.22. The van der Waals surface area contributed by atoms with Crippen LogP contribution < -0.4 is 0 Å². The van der Waals surface area contributed by atoms with Crippen LogP contribution in [0.5, 0.6) is 0 Å². The van der Waals surface area contributed by atoms with Gasteiger partial charge in [-0.05, 0) is 18.1 Å². The summed E-state index contributed by atoms with van der Waals surface area (Å²) in [5.41, 5.74) is 6.18. The van der Waals surface area contributed by atoms with Crippen LogP contribution in [-0.4, -0.2) is 9.97 Å². The van der Waals surface area contributed by atoms with Gasteiger partial charge in [-0.1, -0.05) is 43.3 Å². The third-order valence-electron chi connectivity index (χ3n) is 3.35. The van der Waals surface area contributed by atoms with Gasteiger partial charge in [0, 0.05) is 41.0 Å². The molecule has 0 aliphatic carbocycles. The van der Waals surface area contributed by atoms with Crippen molar-refractivity contribution in [1.82, 2.24) is 9.97 Å². The highest BCUT2D eigenvalue weighted by Gasteiger charge is 2.13. The molecule has 0 saturated carbocycles. The molecule has 3 aromatic rings. The van der Waals surface area contributed by atoms with Crippen LogP contribution in [0.15, 0.2) is 61.1 Å². The normalized spacial score (nSPS) is 10.6. The summed E-state index contributed by atoms with van der Waals surface area (Å²) in [4.78, 5) is 7.61. The van der Waals surface area contributed by atoms with Gasteiger partial charge in [-0.3, -0.25) is 4.98 Å². The lowest BCUT2D eigenvalue weighted by Crippen LogP contribution is -1.86. The number of hydrogen-bond acceptors (Lipinski definition) is 1. The Labute approximate surface area is 113 Å². The SMILES string of the molecule is CCc1[nH]cc(-c2cccnc2)c1-c1ccccc1. The Morgan fingerprint density at radius 3 is 2.47 bits per heavy atom. The van der Waals surface area contributed by atoms with E-state index in [2.05, 4.69) is 53.4 Å². The molecular weight excluding hydrogens is 232 g/mol. The van der Waals surface area contributed by atoms with E-state index in [0.29, 0.717) is 0 Å². The highest BCUT2D eigenvalue weighted by atomic mass is 14.7. The van der Waals surface area contributed by atoms with E-state index < -0.39 is 0 Å². The Kier molecular flexibility index (Phi) is 3.15. The molecule has 94 valence electrons. The lowest BCUT2D eigenvalue weighted by atomic mass is 9.97. The number of benzene rings is 1. The number of aryl methyl sites for hydroxylation is 1. The molecule has 2 heterocycles. The van der Waals surface area contributed by atoms with Crippen molar-refractivity contribution in [2.75, 3.05) is 0 Å². The van der Waals surface area contributed by atoms with Gasteiger partial charge in [-0.2, -0.15) is 0 Å². The van der Waals surface area contributed by atoms with Crippen LogP contribution in [0.25, 0.3) is 22.3 Å². The fourth-order valence-electron chi connectivity index (χ4n) is 2.43. The molecule has 0 fully saturated rings. The first-order valence-corrected chi connectivity index (χ1v) is 6.56. The summed E-state index contributed by atoms with van der Waals surface area (Å²) in [6, 6.07) is 14.6. The lowest BCUT2D eigenvalue weighted by molar-refractivity contribution is 1.07. The van der Waals surface area contributed by atoms with E-state index >= 15 is 0 Å². The molecule has 1 N–H and O–H groups in total. The Morgan fingerprint density at radius 1 is 1.00 bits per heavy atom. The van der Waals surface area contributed by atoms with Gasteiger partial charge < -0.3 is 4.98 Å². The maximum absolute atomic E-state index is 4.22. The molecule has 0 aliphatic heterocycles. The van der Waals surface area contributed by atoms with Gasteiger partial charge in [-0.25, -0.2) is 0 Å². The van der Waals surface area contributed by atoms with E-state index in [1.165, 1.54) is 22.4 Å². The van der Waals surface area contributed by atoms with Gasteiger partial charge in [-0.15, -0.1) is 0 Å². The van der Waals surface area contributed by atoms with Gasteiger partial charge in [0.05, 0.1) is 0 Å². The third kappa shape index (κ3) is 2.17. The number of nitrogens with one attached hydrogen (secondary N) is 1. The number of aromatic nitrogens is 2. The first kappa shape index (κ1) is 11.7. The summed E-state index contributed by atoms with van der Waals surface area (Å²) in [5.74, 6) is 0. The van der Waals surface area contributed by atoms with Crippen LogP contribution in [0.2, 0.25) is 0 Å². The number of hydrogen-bond donors (Lipinski definition) is 1. The Balaban J connectivity index is 2.20. The molecule has 0 spiro atoms. The minimum atomic E-state index is 0.991. The minimum Gasteiger partial charge on any atom is -0.364 e. The van der Waals surface area contributed by atoms with Gasteiger partial charge in [0.25, 0.3) is 0 Å². The van der Waals surface area contributed by atoms with Crippen molar-refractivity contribution in [2.24, 2.45) is 0 Å². The van der Waals surface area contributed by atoms with Crippen molar-refractivity contribution in [1.29, 1.82) is 0 Å². The standard InChI is InChI=1S/C17H16N2/c1-2-16-17(13-7-4-3-5-8-13)15(12-19-16)14-9-6-10-18-11-14/h3-12,19H,2H2,1H3. The van der Waals surface area contributed by atoms with Gasteiger partial charge in [0.2, 0.25) is 0 Å². The summed E-state index contributed by atoms with van der Waals surface area (Å²) in [6.07, 6.45) is 6.79. The van der Waals surface area contributed by atoms with Crippen molar-refractivity contribution in [3.63, 3.8) is 0 Å². The summed E-state index contributed by atoms with van der Waals surface area (Å²) in [7, 11) is 0. The molecule has 1 aromatic carbocycles. The molecule has 2 nitrogen and oxygen atoms in total. The van der Waals surface area contributed by atoms with E-state index in [4.69, 9.17) is 0 Å². The first-order valence-electron chi connectivity index (χ1n) is 6.56. The van der Waals surface area contributed by atoms with Gasteiger partial charge in [0.1, 0.15) is 0 Å². The molecular formula is C17H16N2. The first-order chi connectivity index (χ1) is 9.40. The molecule has 0 unspecified atom stereocenters. The fraction of sp³-hybridized carbons (Fsp3) is 0.118. The average Bonchev–Trinajstić information content (AvgIpc) is 2.93. The van der Waals surface area contributed by atoms with Gasteiger partial charge >= 0.3 is 0 Å². The zero-order valence-electron chi connectivity index (χ0n) is 10.9. The second-order valence-corrected chi connectivity index (χ2v) is 4.52. The van der Waals surface area contributed by atoms with E-state index in [1.54, 1.807) is 6.20 Å². The highest BCUT2D eigenvalue weighted by molar-refractivity contribution is 5.85. The highest BCUT2D eigenvalue weighted by Crippen LogP contribution is 2.34. The van der Waals surface area contributed by atoms with Crippen molar-refractivity contribution in [3.05, 3.63) is 66.7 Å². The molecule has 0 bridgehead atoms. The van der Waals surface area contributed by atoms with Crippen LogP contribution in [0.3, 0.4) is 0 Å². The van der Waals surface area contributed by atoms with Crippen LogP contribution >= 0.6 is 0 Å². The Bertz CT molecular complexity index is 654. The van der Waals surface area contributed by atoms with Crippen LogP contribution in [-0.2, 0) is 6.42 Å². The molecule has 0 atom stereocenters. The summed E-state index contributed by atoms with van der Waals surface area (Å²) >= 11 is 0. The largest absolute Gasteiger partial charge is 0.364 e. The number of nitrogens with zero attached hydrogens (tertiary/aromatic N) is 1. The van der Waals surface area contributed by atoms with Crippen molar-refractivity contribution < 1.29 is 0 Å². The average molecular weight is 248 g/mol. The van der Waals surface area contributed by atoms with Gasteiger partial charge in [0.15, 0.2) is 0 Å². The second kappa shape index (κ2) is 5.11. The number of aromatic amines is 1. The Morgan fingerprint density at radius 2 is 1.79 bits per heavy atom. The monoisotopic (exact) mass is 248 g/mol. The topological polar surface area (TPSA) is 28.7 Å². The minimum absolute atomic E-state index is 0.991. The van der Waals surface area contributed by atoms with Crippen LogP contribution in [0.4, 0.5) is 0 Å². The number of rotatable bonds is 3. The van der Waals surface area contributed by atoms with Crippen LogP contribution in [0, 0.1) is 0 Å². The molecule has 19 heavy (non-hydrogen) atoms. The summed E-state index contributed by atoms with van der Waals surface area (Å²) in [5, 5.41) is 0. The zero-order chi connectivity index (χ0) is 13.1. The predicted molar refractivity (Wildman–Crippen MR) is 78.8 cm³/mol. The van der Waals surface area contributed by atoms with E-state index in [1.807, 2.05) is 18.3 Å².